The van der Waals surface area contributed by atoms with E-state index in [2.05, 4.69) is 25.1 Å². The van der Waals surface area contributed by atoms with Crippen molar-refractivity contribution < 1.29 is 4.74 Å². The molecule has 21 heavy (non-hydrogen) atoms. The third-order valence-electron chi connectivity index (χ3n) is 3.36. The van der Waals surface area contributed by atoms with Crippen LogP contribution in [0.2, 0.25) is 0 Å². The van der Waals surface area contributed by atoms with Gasteiger partial charge in [0, 0.05) is 5.69 Å². The van der Waals surface area contributed by atoms with Gasteiger partial charge in [-0.05, 0) is 54.3 Å². The van der Waals surface area contributed by atoms with Gasteiger partial charge >= 0.3 is 0 Å². The molecule has 0 aliphatic carbocycles. The molecule has 0 aliphatic heterocycles. The molecule has 3 heteroatoms. The fourth-order valence-electron chi connectivity index (χ4n) is 2.13. The Labute approximate surface area is 126 Å². The van der Waals surface area contributed by atoms with E-state index in [0.29, 0.717) is 17.9 Å². The van der Waals surface area contributed by atoms with E-state index >= 15 is 0 Å². The van der Waals surface area contributed by atoms with Crippen molar-refractivity contribution in [2.24, 2.45) is 0 Å². The number of nitrogen functional groups attached to an aromatic ring is 1. The summed E-state index contributed by atoms with van der Waals surface area (Å²) in [6.45, 7) is 2.19. The quantitative estimate of drug-likeness (QED) is 0.794. The smallest absolute Gasteiger partial charge is 0.127 e. The minimum absolute atomic E-state index is 0.291. The van der Waals surface area contributed by atoms with E-state index in [-0.39, 0.29) is 0 Å². The van der Waals surface area contributed by atoms with Gasteiger partial charge < -0.3 is 10.5 Å². The number of aryl methyl sites for hydroxylation is 1. The number of ether oxygens (including phenoxy) is 1. The molecule has 0 fully saturated rings. The molecule has 2 rings (SSSR count). The molecule has 0 atom stereocenters. The molecule has 0 bridgehead atoms. The molecule has 2 aromatic rings. The van der Waals surface area contributed by atoms with Crippen LogP contribution in [0.5, 0.6) is 11.5 Å². The van der Waals surface area contributed by atoms with E-state index in [0.717, 1.165) is 17.7 Å². The van der Waals surface area contributed by atoms with E-state index in [1.54, 1.807) is 6.07 Å². The first-order valence-electron chi connectivity index (χ1n) is 7.25. The minimum atomic E-state index is 0.291. The molecule has 0 saturated carbocycles. The summed E-state index contributed by atoms with van der Waals surface area (Å²) in [5.41, 5.74) is 8.58. The molecule has 0 radical (unpaired) electrons. The van der Waals surface area contributed by atoms with Crippen LogP contribution in [-0.4, -0.2) is 0 Å². The summed E-state index contributed by atoms with van der Waals surface area (Å²) in [5.74, 6) is 1.50. The fraction of sp³-hybridized carbons (Fsp3) is 0.278. The monoisotopic (exact) mass is 280 g/mol. The minimum Gasteiger partial charge on any atom is -0.457 e. The lowest BCUT2D eigenvalue weighted by atomic mass is 10.1. The summed E-state index contributed by atoms with van der Waals surface area (Å²) in [6.07, 6.45) is 3.80. The topological polar surface area (TPSA) is 59.0 Å². The van der Waals surface area contributed by atoms with Gasteiger partial charge in [-0.2, -0.15) is 5.26 Å². The number of hydrogen-bond acceptors (Lipinski definition) is 3. The summed E-state index contributed by atoms with van der Waals surface area (Å²) < 4.78 is 5.81. The zero-order chi connectivity index (χ0) is 15.1. The van der Waals surface area contributed by atoms with Gasteiger partial charge in [0.1, 0.15) is 11.5 Å². The highest BCUT2D eigenvalue weighted by Crippen LogP contribution is 2.26. The number of nitrogens with two attached hydrogens (primary N) is 1. The molecular weight excluding hydrogens is 260 g/mol. The molecule has 2 aromatic carbocycles. The van der Waals surface area contributed by atoms with Gasteiger partial charge in [0.25, 0.3) is 0 Å². The first-order valence-corrected chi connectivity index (χ1v) is 7.25. The Balaban J connectivity index is 2.07. The van der Waals surface area contributed by atoms with Crippen LogP contribution in [0.25, 0.3) is 0 Å². The number of anilines is 1. The van der Waals surface area contributed by atoms with Gasteiger partial charge in [0.2, 0.25) is 0 Å². The molecule has 108 valence electrons. The van der Waals surface area contributed by atoms with Crippen LogP contribution >= 0.6 is 0 Å². The van der Waals surface area contributed by atoms with Gasteiger partial charge in [-0.15, -0.1) is 0 Å². The number of benzene rings is 2. The molecular formula is C18H20N2O. The summed E-state index contributed by atoms with van der Waals surface area (Å²) in [6, 6.07) is 15.7. The average molecular weight is 280 g/mol. The van der Waals surface area contributed by atoms with E-state index in [1.165, 1.54) is 18.4 Å². The SMILES string of the molecule is CCCCc1ccc(Oc2ccc(N)c(CC#N)c2)cc1. The highest BCUT2D eigenvalue weighted by atomic mass is 16.5. The van der Waals surface area contributed by atoms with Gasteiger partial charge in [-0.1, -0.05) is 25.5 Å². The number of nitriles is 1. The van der Waals surface area contributed by atoms with E-state index in [9.17, 15) is 0 Å². The molecule has 0 heterocycles. The second kappa shape index (κ2) is 7.35. The second-order valence-electron chi connectivity index (χ2n) is 5.05. The van der Waals surface area contributed by atoms with Crippen LogP contribution in [0.3, 0.4) is 0 Å². The average Bonchev–Trinajstić information content (AvgIpc) is 2.50. The first-order chi connectivity index (χ1) is 10.2. The maximum absolute atomic E-state index is 8.78. The molecule has 3 nitrogen and oxygen atoms in total. The van der Waals surface area contributed by atoms with Crippen molar-refractivity contribution >= 4 is 5.69 Å². The largest absolute Gasteiger partial charge is 0.457 e. The Bertz CT molecular complexity index is 627. The molecule has 0 spiro atoms. The number of rotatable bonds is 6. The lowest BCUT2D eigenvalue weighted by Gasteiger charge is -2.09. The van der Waals surface area contributed by atoms with Crippen molar-refractivity contribution in [1.82, 2.24) is 0 Å². The maximum Gasteiger partial charge on any atom is 0.127 e. The fourth-order valence-corrected chi connectivity index (χ4v) is 2.13. The molecule has 0 amide bonds. The Morgan fingerprint density at radius 1 is 1.10 bits per heavy atom. The zero-order valence-corrected chi connectivity index (χ0v) is 12.3. The van der Waals surface area contributed by atoms with Gasteiger partial charge in [-0.25, -0.2) is 0 Å². The van der Waals surface area contributed by atoms with Crippen molar-refractivity contribution in [3.63, 3.8) is 0 Å². The second-order valence-corrected chi connectivity index (χ2v) is 5.05. The standard InChI is InChI=1S/C18H20N2O/c1-2-3-4-14-5-7-16(8-6-14)21-17-9-10-18(20)15(13-17)11-12-19/h5-10,13H,2-4,11,20H2,1H3. The highest BCUT2D eigenvalue weighted by molar-refractivity contribution is 5.52. The van der Waals surface area contributed by atoms with Crippen LogP contribution in [0.15, 0.2) is 42.5 Å². The van der Waals surface area contributed by atoms with E-state index < -0.39 is 0 Å². The van der Waals surface area contributed by atoms with Crippen molar-refractivity contribution in [2.45, 2.75) is 32.6 Å². The summed E-state index contributed by atoms with van der Waals surface area (Å²) in [4.78, 5) is 0. The van der Waals surface area contributed by atoms with Crippen LogP contribution in [0.4, 0.5) is 5.69 Å². The van der Waals surface area contributed by atoms with Crippen molar-refractivity contribution in [3.8, 4) is 17.6 Å². The molecule has 0 aliphatic rings. The van der Waals surface area contributed by atoms with Crippen molar-refractivity contribution in [3.05, 3.63) is 53.6 Å². The van der Waals surface area contributed by atoms with Crippen LogP contribution in [0, 0.1) is 11.3 Å². The van der Waals surface area contributed by atoms with E-state index in [4.69, 9.17) is 15.7 Å². The van der Waals surface area contributed by atoms with Crippen LogP contribution in [-0.2, 0) is 12.8 Å². The Morgan fingerprint density at radius 2 is 1.81 bits per heavy atom. The molecule has 0 saturated heterocycles. The number of nitrogens with zero attached hydrogens (tertiary/aromatic N) is 1. The summed E-state index contributed by atoms with van der Waals surface area (Å²) in [5, 5.41) is 8.78. The van der Waals surface area contributed by atoms with Crippen LogP contribution < -0.4 is 10.5 Å². The van der Waals surface area contributed by atoms with Crippen molar-refractivity contribution in [2.75, 3.05) is 5.73 Å². The number of unbranched alkanes of at least 4 members (excludes halogenated alkanes) is 1. The highest BCUT2D eigenvalue weighted by Gasteiger charge is 2.03. The molecule has 0 aromatic heterocycles. The van der Waals surface area contributed by atoms with Gasteiger partial charge in [0.05, 0.1) is 12.5 Å². The lowest BCUT2D eigenvalue weighted by Crippen LogP contribution is -1.94. The Hall–Kier alpha value is -2.47. The first kappa shape index (κ1) is 14.9. The summed E-state index contributed by atoms with van der Waals surface area (Å²) in [7, 11) is 0. The lowest BCUT2D eigenvalue weighted by molar-refractivity contribution is 0.482. The maximum atomic E-state index is 8.78. The van der Waals surface area contributed by atoms with Gasteiger partial charge in [-0.3, -0.25) is 0 Å². The van der Waals surface area contributed by atoms with Crippen molar-refractivity contribution in [1.29, 1.82) is 5.26 Å². The predicted octanol–water partition coefficient (Wildman–Crippen LogP) is 4.47. The Morgan fingerprint density at radius 3 is 2.48 bits per heavy atom. The third-order valence-corrected chi connectivity index (χ3v) is 3.36. The molecule has 2 N–H and O–H groups in total. The Kier molecular flexibility index (Phi) is 5.22. The number of hydrogen-bond donors (Lipinski definition) is 1. The normalized spacial score (nSPS) is 10.1. The molecule has 0 unspecified atom stereocenters. The van der Waals surface area contributed by atoms with Gasteiger partial charge in [0.15, 0.2) is 0 Å². The summed E-state index contributed by atoms with van der Waals surface area (Å²) >= 11 is 0. The van der Waals surface area contributed by atoms with Crippen LogP contribution in [0.1, 0.15) is 30.9 Å². The predicted molar refractivity (Wildman–Crippen MR) is 85.3 cm³/mol. The van der Waals surface area contributed by atoms with E-state index in [1.807, 2.05) is 24.3 Å². The zero-order valence-electron chi connectivity index (χ0n) is 12.3. The third kappa shape index (κ3) is 4.25.